The van der Waals surface area contributed by atoms with Crippen LogP contribution in [0.3, 0.4) is 0 Å². The normalized spacial score (nSPS) is 18.8. The number of para-hydroxylation sites is 1. The van der Waals surface area contributed by atoms with Gasteiger partial charge in [0.1, 0.15) is 11.4 Å². The highest BCUT2D eigenvalue weighted by Gasteiger charge is 2.29. The Bertz CT molecular complexity index is 1030. The molecule has 0 aliphatic carbocycles. The van der Waals surface area contributed by atoms with Crippen LogP contribution < -0.4 is 4.74 Å². The van der Waals surface area contributed by atoms with E-state index in [4.69, 9.17) is 9.72 Å². The van der Waals surface area contributed by atoms with Crippen molar-refractivity contribution in [2.45, 2.75) is 18.9 Å². The third-order valence-electron chi connectivity index (χ3n) is 6.12. The number of carbonyl (C=O) groups excluding carboxylic acids is 1. The van der Waals surface area contributed by atoms with Gasteiger partial charge in [0.15, 0.2) is 4.96 Å². The summed E-state index contributed by atoms with van der Waals surface area (Å²) in [5, 5.41) is 1.94. The van der Waals surface area contributed by atoms with E-state index in [0.717, 1.165) is 47.9 Å². The molecule has 4 heterocycles. The highest BCUT2D eigenvalue weighted by molar-refractivity contribution is 7.99. The summed E-state index contributed by atoms with van der Waals surface area (Å²) in [7, 11) is 1.67. The molecule has 2 saturated heterocycles. The third kappa shape index (κ3) is 3.72. The first kappa shape index (κ1) is 19.9. The molecule has 0 unspecified atom stereocenters. The molecule has 5 rings (SSSR count). The van der Waals surface area contributed by atoms with Gasteiger partial charge < -0.3 is 9.64 Å². The maximum Gasteiger partial charge on any atom is 0.271 e. The number of ether oxygens (including phenoxy) is 1. The monoisotopic (exact) mass is 442 g/mol. The number of thiazole rings is 1. The zero-order valence-corrected chi connectivity index (χ0v) is 18.8. The van der Waals surface area contributed by atoms with E-state index in [9.17, 15) is 4.79 Å². The number of hydrogen-bond donors (Lipinski definition) is 0. The second-order valence-corrected chi connectivity index (χ2v) is 9.83. The molecule has 2 aromatic heterocycles. The van der Waals surface area contributed by atoms with E-state index in [1.54, 1.807) is 7.11 Å². The van der Waals surface area contributed by atoms with Gasteiger partial charge in [0.2, 0.25) is 0 Å². The standard InChI is InChI=1S/C22H26N4O2S2/c1-28-20-5-3-2-4-17(20)18-14-26-19(15-30-22(26)23-18)21(27)25-8-6-16(7-9-25)24-10-12-29-13-11-24/h2-5,14-16H,6-13H2,1H3. The number of rotatable bonds is 4. The van der Waals surface area contributed by atoms with Crippen molar-refractivity contribution in [3.05, 3.63) is 41.5 Å². The van der Waals surface area contributed by atoms with E-state index in [2.05, 4.69) is 4.90 Å². The summed E-state index contributed by atoms with van der Waals surface area (Å²) in [6.07, 6.45) is 4.09. The molecule has 0 spiro atoms. The Labute approximate surface area is 184 Å². The molecule has 0 radical (unpaired) electrons. The average Bonchev–Trinajstić information content (AvgIpc) is 3.40. The van der Waals surface area contributed by atoms with E-state index < -0.39 is 0 Å². The van der Waals surface area contributed by atoms with Crippen LogP contribution >= 0.6 is 23.1 Å². The molecule has 0 atom stereocenters. The summed E-state index contributed by atoms with van der Waals surface area (Å²) >= 11 is 3.56. The highest BCUT2D eigenvalue weighted by Crippen LogP contribution is 2.31. The van der Waals surface area contributed by atoms with Gasteiger partial charge in [-0.15, -0.1) is 11.3 Å². The van der Waals surface area contributed by atoms with Crippen molar-refractivity contribution in [2.75, 3.05) is 44.8 Å². The quantitative estimate of drug-likeness (QED) is 0.616. The number of piperidine rings is 1. The van der Waals surface area contributed by atoms with Gasteiger partial charge in [-0.1, -0.05) is 12.1 Å². The lowest BCUT2D eigenvalue weighted by molar-refractivity contribution is 0.0624. The number of likely N-dealkylation sites (tertiary alicyclic amines) is 1. The summed E-state index contributed by atoms with van der Waals surface area (Å²) in [6, 6.07) is 8.48. The number of imidazole rings is 1. The Morgan fingerprint density at radius 3 is 2.67 bits per heavy atom. The predicted molar refractivity (Wildman–Crippen MR) is 123 cm³/mol. The molecule has 6 nitrogen and oxygen atoms in total. The van der Waals surface area contributed by atoms with Crippen LogP contribution in [-0.2, 0) is 0 Å². The van der Waals surface area contributed by atoms with Gasteiger partial charge in [-0.2, -0.15) is 11.8 Å². The molecule has 30 heavy (non-hydrogen) atoms. The molecular formula is C22H26N4O2S2. The topological polar surface area (TPSA) is 50.1 Å². The predicted octanol–water partition coefficient (Wildman–Crippen LogP) is 3.72. The molecular weight excluding hydrogens is 416 g/mol. The minimum absolute atomic E-state index is 0.109. The summed E-state index contributed by atoms with van der Waals surface area (Å²) in [5.41, 5.74) is 2.47. The zero-order valence-electron chi connectivity index (χ0n) is 17.1. The number of amides is 1. The SMILES string of the molecule is COc1ccccc1-c1cn2c(C(=O)N3CCC(N4CCSCC4)CC3)csc2n1. The van der Waals surface area contributed by atoms with E-state index in [1.807, 2.05) is 56.9 Å². The largest absolute Gasteiger partial charge is 0.496 e. The Hall–Kier alpha value is -2.03. The minimum Gasteiger partial charge on any atom is -0.496 e. The second-order valence-electron chi connectivity index (χ2n) is 7.77. The fraction of sp³-hybridized carbons (Fsp3) is 0.455. The smallest absolute Gasteiger partial charge is 0.271 e. The van der Waals surface area contributed by atoms with Crippen molar-refractivity contribution in [2.24, 2.45) is 0 Å². The summed E-state index contributed by atoms with van der Waals surface area (Å²) in [5.74, 6) is 3.37. The second kappa shape index (κ2) is 8.61. The fourth-order valence-electron chi connectivity index (χ4n) is 4.46. The van der Waals surface area contributed by atoms with Crippen LogP contribution in [0.25, 0.3) is 16.2 Å². The van der Waals surface area contributed by atoms with Gasteiger partial charge >= 0.3 is 0 Å². The van der Waals surface area contributed by atoms with Crippen LogP contribution in [0.1, 0.15) is 23.3 Å². The molecule has 8 heteroatoms. The summed E-state index contributed by atoms with van der Waals surface area (Å²) in [6.45, 7) is 4.04. The molecule has 0 N–H and O–H groups in total. The van der Waals surface area contributed by atoms with E-state index >= 15 is 0 Å². The maximum absolute atomic E-state index is 13.3. The first-order valence-electron chi connectivity index (χ1n) is 10.5. The summed E-state index contributed by atoms with van der Waals surface area (Å²) < 4.78 is 7.41. The van der Waals surface area contributed by atoms with Crippen molar-refractivity contribution in [3.8, 4) is 17.0 Å². The number of thioether (sulfide) groups is 1. The Morgan fingerprint density at radius 1 is 1.13 bits per heavy atom. The minimum atomic E-state index is 0.109. The summed E-state index contributed by atoms with van der Waals surface area (Å²) in [4.78, 5) is 23.5. The average molecular weight is 443 g/mol. The van der Waals surface area contributed by atoms with Crippen molar-refractivity contribution < 1.29 is 9.53 Å². The van der Waals surface area contributed by atoms with Gasteiger partial charge in [0.25, 0.3) is 5.91 Å². The molecule has 3 aromatic rings. The molecule has 2 fully saturated rings. The van der Waals surface area contributed by atoms with Crippen LogP contribution in [0.4, 0.5) is 0 Å². The molecule has 1 aromatic carbocycles. The lowest BCUT2D eigenvalue weighted by Gasteiger charge is -2.40. The number of benzene rings is 1. The molecule has 2 aliphatic heterocycles. The van der Waals surface area contributed by atoms with Crippen LogP contribution in [0, 0.1) is 0 Å². The van der Waals surface area contributed by atoms with Crippen molar-refractivity contribution in [3.63, 3.8) is 0 Å². The lowest BCUT2D eigenvalue weighted by Crippen LogP contribution is -2.49. The Balaban J connectivity index is 1.33. The molecule has 158 valence electrons. The van der Waals surface area contributed by atoms with Crippen LogP contribution in [0.5, 0.6) is 5.75 Å². The zero-order chi connectivity index (χ0) is 20.5. The molecule has 0 saturated carbocycles. The van der Waals surface area contributed by atoms with Gasteiger partial charge in [0, 0.05) is 60.9 Å². The van der Waals surface area contributed by atoms with Gasteiger partial charge in [-0.05, 0) is 25.0 Å². The van der Waals surface area contributed by atoms with Crippen LogP contribution in [-0.4, -0.2) is 75.9 Å². The van der Waals surface area contributed by atoms with Gasteiger partial charge in [-0.3, -0.25) is 14.1 Å². The number of methoxy groups -OCH3 is 1. The van der Waals surface area contributed by atoms with E-state index in [-0.39, 0.29) is 5.91 Å². The number of carbonyl (C=O) groups is 1. The van der Waals surface area contributed by atoms with E-state index in [0.29, 0.717) is 11.7 Å². The van der Waals surface area contributed by atoms with E-state index in [1.165, 1.54) is 35.9 Å². The van der Waals surface area contributed by atoms with Crippen molar-refractivity contribution >= 4 is 34.0 Å². The van der Waals surface area contributed by atoms with Gasteiger partial charge in [-0.25, -0.2) is 4.98 Å². The third-order valence-corrected chi connectivity index (χ3v) is 7.91. The number of hydrogen-bond acceptors (Lipinski definition) is 6. The number of nitrogens with zero attached hydrogens (tertiary/aromatic N) is 4. The van der Waals surface area contributed by atoms with Crippen molar-refractivity contribution in [1.82, 2.24) is 19.2 Å². The van der Waals surface area contributed by atoms with Crippen LogP contribution in [0.2, 0.25) is 0 Å². The van der Waals surface area contributed by atoms with Gasteiger partial charge in [0.05, 0.1) is 12.8 Å². The fourth-order valence-corrected chi connectivity index (χ4v) is 6.24. The molecule has 1 amide bonds. The number of fused-ring (bicyclic) bond motifs is 1. The maximum atomic E-state index is 13.3. The number of aromatic nitrogens is 2. The Morgan fingerprint density at radius 2 is 1.90 bits per heavy atom. The molecule has 2 aliphatic rings. The Kier molecular flexibility index (Phi) is 5.71. The first-order chi connectivity index (χ1) is 14.7. The first-order valence-corrected chi connectivity index (χ1v) is 12.5. The molecule has 0 bridgehead atoms. The van der Waals surface area contributed by atoms with Crippen LogP contribution in [0.15, 0.2) is 35.8 Å². The van der Waals surface area contributed by atoms with Crippen molar-refractivity contribution in [1.29, 1.82) is 0 Å². The lowest BCUT2D eigenvalue weighted by atomic mass is 10.0. The highest BCUT2D eigenvalue weighted by atomic mass is 32.2.